The van der Waals surface area contributed by atoms with Crippen LogP contribution in [-0.4, -0.2) is 64.9 Å². The van der Waals surface area contributed by atoms with Crippen LogP contribution in [0.15, 0.2) is 0 Å². The molecule has 1 unspecified atom stereocenters. The highest BCUT2D eigenvalue weighted by Crippen LogP contribution is 2.20. The second kappa shape index (κ2) is 7.26. The van der Waals surface area contributed by atoms with Crippen molar-refractivity contribution in [3.05, 3.63) is 0 Å². The van der Waals surface area contributed by atoms with E-state index in [0.29, 0.717) is 19.4 Å². The van der Waals surface area contributed by atoms with Crippen LogP contribution in [0.2, 0.25) is 0 Å². The van der Waals surface area contributed by atoms with E-state index in [4.69, 9.17) is 5.11 Å². The number of amides is 2. The maximum Gasteiger partial charge on any atom is 0.326 e. The third kappa shape index (κ3) is 5.58. The standard InChI is InChI=1S/C13H22N2O6/c1-13(20)6-3-7-15(8-13)12(19)14-9(11(17)18)4-5-10(16)21-2/h9,20H,3-8H2,1-2H3,(H,14,19)(H,17,18)/t9-,13?/m0/s1. The topological polar surface area (TPSA) is 116 Å². The van der Waals surface area contributed by atoms with Crippen molar-refractivity contribution in [1.29, 1.82) is 0 Å². The fraction of sp³-hybridized carbons (Fsp3) is 0.769. The molecule has 120 valence electrons. The molecule has 1 fully saturated rings. The van der Waals surface area contributed by atoms with Gasteiger partial charge in [-0.3, -0.25) is 4.79 Å². The van der Waals surface area contributed by atoms with Gasteiger partial charge >= 0.3 is 18.0 Å². The van der Waals surface area contributed by atoms with Crippen LogP contribution >= 0.6 is 0 Å². The number of carboxylic acids is 1. The smallest absolute Gasteiger partial charge is 0.326 e. The van der Waals surface area contributed by atoms with Gasteiger partial charge in [-0.15, -0.1) is 0 Å². The lowest BCUT2D eigenvalue weighted by atomic mass is 9.95. The molecule has 8 nitrogen and oxygen atoms in total. The molecular weight excluding hydrogens is 280 g/mol. The molecule has 1 aliphatic heterocycles. The molecule has 21 heavy (non-hydrogen) atoms. The summed E-state index contributed by atoms with van der Waals surface area (Å²) < 4.78 is 4.44. The van der Waals surface area contributed by atoms with Gasteiger partial charge in [0.1, 0.15) is 6.04 Å². The Kier molecular flexibility index (Phi) is 5.95. The predicted octanol–water partition coefficient (Wildman–Crippen LogP) is -0.0508. The SMILES string of the molecule is COC(=O)CC[C@H](NC(=O)N1CCCC(C)(O)C1)C(=O)O. The Morgan fingerprint density at radius 2 is 2.10 bits per heavy atom. The number of methoxy groups -OCH3 is 1. The number of nitrogens with zero attached hydrogens (tertiary/aromatic N) is 1. The average Bonchev–Trinajstić information content (AvgIpc) is 2.41. The van der Waals surface area contributed by atoms with Crippen LogP contribution in [0.4, 0.5) is 4.79 Å². The van der Waals surface area contributed by atoms with Crippen LogP contribution in [0.25, 0.3) is 0 Å². The number of carboxylic acid groups (broad SMARTS) is 1. The van der Waals surface area contributed by atoms with Crippen LogP contribution in [0.3, 0.4) is 0 Å². The Hall–Kier alpha value is -1.83. The fourth-order valence-electron chi connectivity index (χ4n) is 2.26. The molecule has 0 aromatic carbocycles. The van der Waals surface area contributed by atoms with E-state index < -0.39 is 29.6 Å². The van der Waals surface area contributed by atoms with Crippen molar-refractivity contribution in [1.82, 2.24) is 10.2 Å². The molecule has 2 atom stereocenters. The number of aliphatic hydroxyl groups is 1. The number of rotatable bonds is 5. The van der Waals surface area contributed by atoms with Gasteiger partial charge in [0.25, 0.3) is 0 Å². The average molecular weight is 302 g/mol. The molecule has 1 heterocycles. The highest BCUT2D eigenvalue weighted by Gasteiger charge is 2.32. The lowest BCUT2D eigenvalue weighted by molar-refractivity contribution is -0.142. The summed E-state index contributed by atoms with van der Waals surface area (Å²) in [6.07, 6.45) is 1.12. The number of piperidine rings is 1. The Balaban J connectivity index is 2.56. The van der Waals surface area contributed by atoms with E-state index in [0.717, 1.165) is 0 Å². The van der Waals surface area contributed by atoms with Crippen molar-refractivity contribution in [2.45, 2.75) is 44.2 Å². The number of carbonyl (C=O) groups excluding carboxylic acids is 2. The summed E-state index contributed by atoms with van der Waals surface area (Å²) in [6.45, 7) is 2.26. The van der Waals surface area contributed by atoms with Crippen LogP contribution in [0, 0.1) is 0 Å². The number of β-amino-alcohol motifs (C(OH)–C–C–N with tert-alkyl or cyclic N) is 1. The number of aliphatic carboxylic acids is 1. The van der Waals surface area contributed by atoms with Gasteiger partial charge in [-0.2, -0.15) is 0 Å². The summed E-state index contributed by atoms with van der Waals surface area (Å²) in [5, 5.41) is 21.4. The first kappa shape index (κ1) is 17.2. The van der Waals surface area contributed by atoms with Crippen LogP contribution in [0.1, 0.15) is 32.6 Å². The minimum Gasteiger partial charge on any atom is -0.480 e. The zero-order valence-corrected chi connectivity index (χ0v) is 12.3. The number of carbonyl (C=O) groups is 3. The summed E-state index contributed by atoms with van der Waals surface area (Å²) in [4.78, 5) is 35.6. The second-order valence-electron chi connectivity index (χ2n) is 5.48. The van der Waals surface area contributed by atoms with Gasteiger partial charge in [-0.25, -0.2) is 9.59 Å². The quantitative estimate of drug-likeness (QED) is 0.613. The minimum atomic E-state index is -1.21. The zero-order valence-electron chi connectivity index (χ0n) is 12.3. The van der Waals surface area contributed by atoms with Crippen molar-refractivity contribution < 1.29 is 29.3 Å². The maximum absolute atomic E-state index is 12.0. The van der Waals surface area contributed by atoms with E-state index in [1.807, 2.05) is 0 Å². The lowest BCUT2D eigenvalue weighted by Gasteiger charge is -2.37. The first-order valence-electron chi connectivity index (χ1n) is 6.82. The number of nitrogens with one attached hydrogen (secondary N) is 1. The second-order valence-corrected chi connectivity index (χ2v) is 5.48. The lowest BCUT2D eigenvalue weighted by Crippen LogP contribution is -2.54. The number of likely N-dealkylation sites (tertiary alicyclic amines) is 1. The Labute approximate surface area is 123 Å². The van der Waals surface area contributed by atoms with Crippen LogP contribution in [-0.2, 0) is 14.3 Å². The zero-order chi connectivity index (χ0) is 16.0. The van der Waals surface area contributed by atoms with Gasteiger partial charge in [-0.05, 0) is 26.2 Å². The molecule has 2 amide bonds. The van der Waals surface area contributed by atoms with Gasteiger partial charge in [0, 0.05) is 13.0 Å². The van der Waals surface area contributed by atoms with E-state index in [2.05, 4.69) is 10.1 Å². The Morgan fingerprint density at radius 3 is 2.62 bits per heavy atom. The molecular formula is C13H22N2O6. The molecule has 0 radical (unpaired) electrons. The third-order valence-corrected chi connectivity index (χ3v) is 3.42. The maximum atomic E-state index is 12.0. The van der Waals surface area contributed by atoms with Crippen LogP contribution in [0.5, 0.6) is 0 Å². The first-order chi connectivity index (χ1) is 9.75. The summed E-state index contributed by atoms with van der Waals surface area (Å²) in [7, 11) is 1.21. The minimum absolute atomic E-state index is 0.0437. The van der Waals surface area contributed by atoms with E-state index >= 15 is 0 Å². The molecule has 3 N–H and O–H groups in total. The molecule has 1 rings (SSSR count). The molecule has 0 spiro atoms. The van der Waals surface area contributed by atoms with Crippen molar-refractivity contribution in [2.24, 2.45) is 0 Å². The highest BCUT2D eigenvalue weighted by molar-refractivity contribution is 5.83. The van der Waals surface area contributed by atoms with Crippen molar-refractivity contribution in [3.63, 3.8) is 0 Å². The highest BCUT2D eigenvalue weighted by atomic mass is 16.5. The first-order valence-corrected chi connectivity index (χ1v) is 6.82. The number of ether oxygens (including phenoxy) is 1. The molecule has 0 bridgehead atoms. The van der Waals surface area contributed by atoms with E-state index in [-0.39, 0.29) is 19.4 Å². The van der Waals surface area contributed by atoms with Crippen molar-refractivity contribution in [3.8, 4) is 0 Å². The monoisotopic (exact) mass is 302 g/mol. The van der Waals surface area contributed by atoms with Gasteiger partial charge in [0.05, 0.1) is 19.3 Å². The summed E-state index contributed by atoms with van der Waals surface area (Å²) in [6, 6.07) is -1.71. The molecule has 1 aliphatic rings. The summed E-state index contributed by atoms with van der Waals surface area (Å²) >= 11 is 0. The molecule has 0 aliphatic carbocycles. The molecule has 8 heteroatoms. The van der Waals surface area contributed by atoms with E-state index in [9.17, 15) is 19.5 Å². The normalized spacial score (nSPS) is 23.3. The largest absolute Gasteiger partial charge is 0.480 e. The van der Waals surface area contributed by atoms with Gasteiger partial charge in [-0.1, -0.05) is 0 Å². The summed E-state index contributed by atoms with van der Waals surface area (Å²) in [5.41, 5.74) is -0.958. The van der Waals surface area contributed by atoms with Gasteiger partial charge < -0.3 is 25.2 Å². The third-order valence-electron chi connectivity index (χ3n) is 3.42. The van der Waals surface area contributed by atoms with E-state index in [1.54, 1.807) is 6.92 Å². The fourth-order valence-corrected chi connectivity index (χ4v) is 2.26. The van der Waals surface area contributed by atoms with Crippen molar-refractivity contribution in [2.75, 3.05) is 20.2 Å². The number of urea groups is 1. The predicted molar refractivity (Wildman–Crippen MR) is 72.6 cm³/mol. The van der Waals surface area contributed by atoms with Crippen LogP contribution < -0.4 is 5.32 Å². The van der Waals surface area contributed by atoms with Gasteiger partial charge in [0.15, 0.2) is 0 Å². The van der Waals surface area contributed by atoms with Crippen molar-refractivity contribution >= 4 is 18.0 Å². The number of esters is 1. The Bertz CT molecular complexity index is 409. The molecule has 0 aromatic heterocycles. The number of hydrogen-bond donors (Lipinski definition) is 3. The molecule has 1 saturated heterocycles. The summed E-state index contributed by atoms with van der Waals surface area (Å²) in [5.74, 6) is -1.74. The Morgan fingerprint density at radius 1 is 1.43 bits per heavy atom. The molecule has 0 saturated carbocycles. The van der Waals surface area contributed by atoms with Gasteiger partial charge in [0.2, 0.25) is 0 Å². The molecule has 0 aromatic rings. The van der Waals surface area contributed by atoms with E-state index in [1.165, 1.54) is 12.0 Å². The number of hydrogen-bond acceptors (Lipinski definition) is 5.